The maximum absolute atomic E-state index is 3.50. The molecule has 0 aromatic carbocycles. The highest BCUT2D eigenvalue weighted by Crippen LogP contribution is 2.24. The van der Waals surface area contributed by atoms with E-state index in [1.165, 1.54) is 41.4 Å². The smallest absolute Gasteiger partial charge is 0.0299 e. The molecule has 20 heavy (non-hydrogen) atoms. The van der Waals surface area contributed by atoms with Gasteiger partial charge in [-0.15, -0.1) is 11.3 Å². The molecule has 1 fully saturated rings. The fourth-order valence-electron chi connectivity index (χ4n) is 2.85. The van der Waals surface area contributed by atoms with Crippen molar-refractivity contribution in [1.82, 2.24) is 15.1 Å². The topological polar surface area (TPSA) is 18.5 Å². The molecule has 3 nitrogen and oxygen atoms in total. The first-order chi connectivity index (χ1) is 9.60. The lowest BCUT2D eigenvalue weighted by atomic mass is 10.1. The van der Waals surface area contributed by atoms with E-state index >= 15 is 0 Å². The first kappa shape index (κ1) is 16.0. The molecule has 0 bridgehead atoms. The summed E-state index contributed by atoms with van der Waals surface area (Å²) >= 11 is 1.96. The summed E-state index contributed by atoms with van der Waals surface area (Å²) in [6.45, 7) is 13.7. The van der Waals surface area contributed by atoms with Crippen LogP contribution in [0.3, 0.4) is 0 Å². The zero-order valence-electron chi connectivity index (χ0n) is 13.4. The number of piperazine rings is 1. The molecule has 1 saturated heterocycles. The predicted molar refractivity (Wildman–Crippen MR) is 88.4 cm³/mol. The van der Waals surface area contributed by atoms with Gasteiger partial charge in [0.25, 0.3) is 0 Å². The van der Waals surface area contributed by atoms with Gasteiger partial charge in [0.15, 0.2) is 0 Å². The predicted octanol–water partition coefficient (Wildman–Crippen LogP) is 2.69. The number of aryl methyl sites for hydroxylation is 1. The van der Waals surface area contributed by atoms with Crippen LogP contribution in [0.25, 0.3) is 0 Å². The van der Waals surface area contributed by atoms with Crippen LogP contribution in [0, 0.1) is 6.92 Å². The van der Waals surface area contributed by atoms with Gasteiger partial charge in [-0.05, 0) is 45.5 Å². The molecular formula is C16H29N3S. The minimum Gasteiger partial charge on any atom is -0.312 e. The molecule has 0 aliphatic carbocycles. The van der Waals surface area contributed by atoms with Gasteiger partial charge < -0.3 is 10.2 Å². The van der Waals surface area contributed by atoms with Gasteiger partial charge in [-0.2, -0.15) is 0 Å². The molecule has 1 aromatic heterocycles. The maximum atomic E-state index is 3.50. The highest BCUT2D eigenvalue weighted by molar-refractivity contribution is 7.12. The molecule has 2 rings (SSSR count). The van der Waals surface area contributed by atoms with Crippen molar-refractivity contribution in [2.45, 2.75) is 46.3 Å². The van der Waals surface area contributed by atoms with Gasteiger partial charge in [0.05, 0.1) is 0 Å². The van der Waals surface area contributed by atoms with Gasteiger partial charge in [0.2, 0.25) is 0 Å². The lowest BCUT2D eigenvalue weighted by Gasteiger charge is -2.38. The minimum atomic E-state index is 0.662. The second kappa shape index (κ2) is 7.55. The van der Waals surface area contributed by atoms with Crippen molar-refractivity contribution in [3.8, 4) is 0 Å². The van der Waals surface area contributed by atoms with Crippen molar-refractivity contribution in [2.24, 2.45) is 0 Å². The van der Waals surface area contributed by atoms with E-state index in [2.05, 4.69) is 49.0 Å². The van der Waals surface area contributed by atoms with Gasteiger partial charge >= 0.3 is 0 Å². The Morgan fingerprint density at radius 3 is 2.90 bits per heavy atom. The summed E-state index contributed by atoms with van der Waals surface area (Å²) in [6, 6.07) is 3.07. The Balaban J connectivity index is 1.92. The number of hydrogen-bond acceptors (Lipinski definition) is 4. The Labute approximate surface area is 128 Å². The summed E-state index contributed by atoms with van der Waals surface area (Å²) in [7, 11) is 2.22. The number of nitrogens with one attached hydrogen (secondary N) is 1. The van der Waals surface area contributed by atoms with E-state index in [-0.39, 0.29) is 0 Å². The lowest BCUT2D eigenvalue weighted by molar-refractivity contribution is 0.0938. The van der Waals surface area contributed by atoms with Crippen molar-refractivity contribution in [2.75, 3.05) is 33.2 Å². The molecule has 0 saturated carbocycles. The van der Waals surface area contributed by atoms with E-state index in [9.17, 15) is 0 Å². The monoisotopic (exact) mass is 295 g/mol. The van der Waals surface area contributed by atoms with Gasteiger partial charge in [0, 0.05) is 48.5 Å². The van der Waals surface area contributed by atoms with Crippen LogP contribution in [0.4, 0.5) is 0 Å². The van der Waals surface area contributed by atoms with E-state index in [0.717, 1.165) is 19.6 Å². The Morgan fingerprint density at radius 2 is 2.20 bits per heavy atom. The van der Waals surface area contributed by atoms with Gasteiger partial charge in [0.1, 0.15) is 0 Å². The summed E-state index contributed by atoms with van der Waals surface area (Å²) < 4.78 is 0. The normalized spacial score (nSPS) is 21.5. The molecule has 1 aliphatic heterocycles. The number of likely N-dealkylation sites (N-methyl/N-ethyl adjacent to an activating group) is 1. The van der Waals surface area contributed by atoms with E-state index in [0.29, 0.717) is 6.04 Å². The fraction of sp³-hybridized carbons (Fsp3) is 0.750. The Kier molecular flexibility index (Phi) is 6.02. The molecule has 1 atom stereocenters. The molecule has 0 amide bonds. The van der Waals surface area contributed by atoms with E-state index in [1.807, 2.05) is 11.3 Å². The van der Waals surface area contributed by atoms with Crippen LogP contribution in [0.2, 0.25) is 0 Å². The van der Waals surface area contributed by atoms with E-state index < -0.39 is 0 Å². The lowest BCUT2D eigenvalue weighted by Crippen LogP contribution is -2.49. The first-order valence-corrected chi connectivity index (χ1v) is 8.63. The van der Waals surface area contributed by atoms with Crippen LogP contribution in [-0.4, -0.2) is 49.1 Å². The van der Waals surface area contributed by atoms with Crippen molar-refractivity contribution >= 4 is 11.3 Å². The van der Waals surface area contributed by atoms with Crippen LogP contribution in [-0.2, 0) is 13.1 Å². The zero-order valence-corrected chi connectivity index (χ0v) is 14.2. The van der Waals surface area contributed by atoms with Crippen LogP contribution >= 0.6 is 11.3 Å². The fourth-order valence-corrected chi connectivity index (χ4v) is 3.87. The summed E-state index contributed by atoms with van der Waals surface area (Å²) in [4.78, 5) is 8.03. The standard InChI is InChI=1S/C16H29N3S/c1-5-6-17-10-16-9-15(14(3)20-16)12-19-8-7-18(4)11-13(19)2/h9,13,17H,5-8,10-12H2,1-4H3. The first-order valence-electron chi connectivity index (χ1n) is 7.81. The second-order valence-electron chi connectivity index (χ2n) is 6.05. The maximum Gasteiger partial charge on any atom is 0.0299 e. The Bertz CT molecular complexity index is 416. The summed E-state index contributed by atoms with van der Waals surface area (Å²) in [5.74, 6) is 0. The van der Waals surface area contributed by atoms with Crippen LogP contribution in [0.5, 0.6) is 0 Å². The molecule has 1 aromatic rings. The van der Waals surface area contributed by atoms with E-state index in [1.54, 1.807) is 0 Å². The highest BCUT2D eigenvalue weighted by Gasteiger charge is 2.22. The number of rotatable bonds is 6. The minimum absolute atomic E-state index is 0.662. The molecule has 2 heterocycles. The molecule has 0 radical (unpaired) electrons. The van der Waals surface area contributed by atoms with Crippen molar-refractivity contribution in [3.05, 3.63) is 21.4 Å². The molecule has 0 spiro atoms. The van der Waals surface area contributed by atoms with Gasteiger partial charge in [-0.3, -0.25) is 4.90 Å². The highest BCUT2D eigenvalue weighted by atomic mass is 32.1. The molecule has 1 unspecified atom stereocenters. The van der Waals surface area contributed by atoms with Gasteiger partial charge in [-0.25, -0.2) is 0 Å². The number of thiophene rings is 1. The van der Waals surface area contributed by atoms with Crippen LogP contribution < -0.4 is 5.32 Å². The average Bonchev–Trinajstić information content (AvgIpc) is 2.74. The third-order valence-electron chi connectivity index (χ3n) is 4.14. The third kappa shape index (κ3) is 4.29. The van der Waals surface area contributed by atoms with Crippen molar-refractivity contribution in [3.63, 3.8) is 0 Å². The van der Waals surface area contributed by atoms with Crippen molar-refractivity contribution < 1.29 is 0 Å². The molecule has 4 heteroatoms. The average molecular weight is 295 g/mol. The van der Waals surface area contributed by atoms with Crippen molar-refractivity contribution in [1.29, 1.82) is 0 Å². The number of nitrogens with zero attached hydrogens (tertiary/aromatic N) is 2. The van der Waals surface area contributed by atoms with Crippen LogP contribution in [0.1, 0.15) is 35.6 Å². The SMILES string of the molecule is CCCNCc1cc(CN2CCN(C)CC2C)c(C)s1. The zero-order chi connectivity index (χ0) is 14.5. The summed E-state index contributed by atoms with van der Waals surface area (Å²) in [6.07, 6.45) is 1.20. The quantitative estimate of drug-likeness (QED) is 0.814. The van der Waals surface area contributed by atoms with Gasteiger partial charge in [-0.1, -0.05) is 6.92 Å². The molecule has 1 aliphatic rings. The van der Waals surface area contributed by atoms with E-state index in [4.69, 9.17) is 0 Å². The molecule has 1 N–H and O–H groups in total. The Morgan fingerprint density at radius 1 is 1.40 bits per heavy atom. The number of hydrogen-bond donors (Lipinski definition) is 1. The second-order valence-corrected chi connectivity index (χ2v) is 7.39. The van der Waals surface area contributed by atoms with Crippen LogP contribution in [0.15, 0.2) is 6.07 Å². The largest absolute Gasteiger partial charge is 0.312 e. The molecule has 114 valence electrons. The summed E-state index contributed by atoms with van der Waals surface area (Å²) in [5, 5.41) is 3.50. The third-order valence-corrected chi connectivity index (χ3v) is 5.23. The molecular weight excluding hydrogens is 266 g/mol. The summed E-state index contributed by atoms with van der Waals surface area (Å²) in [5.41, 5.74) is 1.53. The Hall–Kier alpha value is -0.420.